The summed E-state index contributed by atoms with van der Waals surface area (Å²) < 4.78 is 10.6. The third-order valence-corrected chi connectivity index (χ3v) is 3.31. The van der Waals surface area contributed by atoms with E-state index in [1.54, 1.807) is 14.2 Å². The summed E-state index contributed by atoms with van der Waals surface area (Å²) in [5, 5.41) is 2.12. The highest BCUT2D eigenvalue weighted by atomic mass is 16.5. The number of nitrogens with zero attached hydrogens (tertiary/aromatic N) is 1. The average molecular weight is 265 g/mol. The molecule has 3 aromatic rings. The number of hydrogen-bond donors (Lipinski definition) is 0. The van der Waals surface area contributed by atoms with Crippen molar-refractivity contribution in [1.82, 2.24) is 4.98 Å². The fourth-order valence-corrected chi connectivity index (χ4v) is 2.26. The van der Waals surface area contributed by atoms with Gasteiger partial charge in [-0.1, -0.05) is 24.3 Å². The highest BCUT2D eigenvalue weighted by molar-refractivity contribution is 5.90. The summed E-state index contributed by atoms with van der Waals surface area (Å²) in [5.74, 6) is 1.67. The van der Waals surface area contributed by atoms with E-state index < -0.39 is 0 Å². The quantitative estimate of drug-likeness (QED) is 0.719. The first-order valence-electron chi connectivity index (χ1n) is 6.39. The topological polar surface area (TPSA) is 31.4 Å². The molecule has 3 heteroatoms. The Labute approximate surface area is 117 Å². The van der Waals surface area contributed by atoms with Crippen molar-refractivity contribution in [3.8, 4) is 22.8 Å². The third-order valence-electron chi connectivity index (χ3n) is 3.31. The minimum atomic E-state index is 0.829. The molecule has 0 saturated carbocycles. The van der Waals surface area contributed by atoms with Crippen molar-refractivity contribution in [2.24, 2.45) is 0 Å². The van der Waals surface area contributed by atoms with E-state index in [-0.39, 0.29) is 0 Å². The Morgan fingerprint density at radius 2 is 1.75 bits per heavy atom. The average Bonchev–Trinajstić information content (AvgIpc) is 2.53. The van der Waals surface area contributed by atoms with Gasteiger partial charge in [0.1, 0.15) is 11.5 Å². The van der Waals surface area contributed by atoms with Gasteiger partial charge in [-0.25, -0.2) is 0 Å². The van der Waals surface area contributed by atoms with Crippen LogP contribution in [0.15, 0.2) is 54.7 Å². The van der Waals surface area contributed by atoms with Gasteiger partial charge in [-0.2, -0.15) is 0 Å². The highest BCUT2D eigenvalue weighted by Gasteiger charge is 2.05. The summed E-state index contributed by atoms with van der Waals surface area (Å²) >= 11 is 0. The Bertz CT molecular complexity index is 753. The van der Waals surface area contributed by atoms with E-state index in [4.69, 9.17) is 9.47 Å². The van der Waals surface area contributed by atoms with Gasteiger partial charge in [0.2, 0.25) is 0 Å². The second-order valence-electron chi connectivity index (χ2n) is 4.48. The Balaban J connectivity index is 2.13. The Morgan fingerprint density at radius 3 is 2.55 bits per heavy atom. The van der Waals surface area contributed by atoms with Crippen LogP contribution in [0.25, 0.3) is 22.0 Å². The highest BCUT2D eigenvalue weighted by Crippen LogP contribution is 2.29. The molecular weight excluding hydrogens is 250 g/mol. The maximum absolute atomic E-state index is 5.35. The summed E-state index contributed by atoms with van der Waals surface area (Å²) in [5.41, 5.74) is 1.96. The molecule has 0 atom stereocenters. The van der Waals surface area contributed by atoms with Gasteiger partial charge in [-0.05, 0) is 29.7 Å². The molecule has 1 aromatic heterocycles. The van der Waals surface area contributed by atoms with Gasteiger partial charge in [0.05, 0.1) is 19.9 Å². The van der Waals surface area contributed by atoms with Crippen molar-refractivity contribution in [3.05, 3.63) is 54.7 Å². The zero-order valence-corrected chi connectivity index (χ0v) is 11.5. The first-order chi connectivity index (χ1) is 9.81. The van der Waals surface area contributed by atoms with Gasteiger partial charge in [-0.15, -0.1) is 0 Å². The molecule has 3 rings (SSSR count). The van der Waals surface area contributed by atoms with E-state index in [0.717, 1.165) is 33.5 Å². The second kappa shape index (κ2) is 5.21. The number of aromatic nitrogens is 1. The summed E-state index contributed by atoms with van der Waals surface area (Å²) in [4.78, 5) is 4.53. The van der Waals surface area contributed by atoms with Crippen LogP contribution in [0.4, 0.5) is 0 Å². The number of benzene rings is 2. The van der Waals surface area contributed by atoms with Crippen LogP contribution in [0.2, 0.25) is 0 Å². The molecule has 2 aromatic carbocycles. The van der Waals surface area contributed by atoms with Gasteiger partial charge in [0.15, 0.2) is 0 Å². The van der Waals surface area contributed by atoms with Crippen LogP contribution in [0.5, 0.6) is 11.5 Å². The molecule has 0 radical (unpaired) electrons. The predicted molar refractivity (Wildman–Crippen MR) is 80.3 cm³/mol. The maximum Gasteiger partial charge on any atom is 0.128 e. The molecule has 0 fully saturated rings. The molecule has 0 aliphatic rings. The lowest BCUT2D eigenvalue weighted by Gasteiger charge is -2.08. The molecule has 0 unspecified atom stereocenters. The Kier molecular flexibility index (Phi) is 3.25. The molecule has 1 heterocycles. The number of rotatable bonds is 3. The largest absolute Gasteiger partial charge is 0.497 e. The van der Waals surface area contributed by atoms with E-state index in [1.807, 2.05) is 42.6 Å². The maximum atomic E-state index is 5.35. The molecule has 0 spiro atoms. The van der Waals surface area contributed by atoms with Crippen molar-refractivity contribution in [1.29, 1.82) is 0 Å². The first-order valence-corrected chi connectivity index (χ1v) is 6.39. The Morgan fingerprint density at radius 1 is 0.900 bits per heavy atom. The fraction of sp³-hybridized carbons (Fsp3) is 0.118. The van der Waals surface area contributed by atoms with Crippen molar-refractivity contribution in [2.75, 3.05) is 14.2 Å². The van der Waals surface area contributed by atoms with Crippen LogP contribution in [0.3, 0.4) is 0 Å². The molecule has 0 aliphatic heterocycles. The molecule has 0 saturated heterocycles. The summed E-state index contributed by atoms with van der Waals surface area (Å²) in [6, 6.07) is 15.9. The van der Waals surface area contributed by atoms with E-state index in [0.29, 0.717) is 0 Å². The van der Waals surface area contributed by atoms with Gasteiger partial charge < -0.3 is 9.47 Å². The number of methoxy groups -OCH3 is 2. The van der Waals surface area contributed by atoms with Crippen LogP contribution in [0, 0.1) is 0 Å². The van der Waals surface area contributed by atoms with Crippen molar-refractivity contribution >= 4 is 10.8 Å². The van der Waals surface area contributed by atoms with Crippen LogP contribution < -0.4 is 9.47 Å². The number of pyridine rings is 1. The summed E-state index contributed by atoms with van der Waals surface area (Å²) in [6.07, 6.45) is 1.85. The molecule has 0 bridgehead atoms. The van der Waals surface area contributed by atoms with Gasteiger partial charge in [0, 0.05) is 17.1 Å². The molecule has 20 heavy (non-hydrogen) atoms. The fourth-order valence-electron chi connectivity index (χ4n) is 2.26. The number of fused-ring (bicyclic) bond motifs is 1. The Hall–Kier alpha value is -2.55. The SMILES string of the molecule is COc1cccc(-c2cc3cccc(OC)c3cn2)c1. The molecule has 0 N–H and O–H groups in total. The lowest BCUT2D eigenvalue weighted by atomic mass is 10.1. The van der Waals surface area contributed by atoms with Crippen LogP contribution in [0.1, 0.15) is 0 Å². The monoisotopic (exact) mass is 265 g/mol. The van der Waals surface area contributed by atoms with Crippen molar-refractivity contribution < 1.29 is 9.47 Å². The molecule has 0 amide bonds. The minimum absolute atomic E-state index is 0.829. The van der Waals surface area contributed by atoms with Crippen molar-refractivity contribution in [2.45, 2.75) is 0 Å². The van der Waals surface area contributed by atoms with Gasteiger partial charge in [-0.3, -0.25) is 4.98 Å². The lowest BCUT2D eigenvalue weighted by molar-refractivity contribution is 0.415. The van der Waals surface area contributed by atoms with Gasteiger partial charge >= 0.3 is 0 Å². The van der Waals surface area contributed by atoms with Crippen LogP contribution in [-0.2, 0) is 0 Å². The predicted octanol–water partition coefficient (Wildman–Crippen LogP) is 3.92. The third kappa shape index (κ3) is 2.18. The minimum Gasteiger partial charge on any atom is -0.497 e. The molecule has 3 nitrogen and oxygen atoms in total. The standard InChI is InChI=1S/C17H15NO2/c1-19-14-7-3-6-13(9-14)16-10-12-5-4-8-17(20-2)15(12)11-18-16/h3-11H,1-2H3. The smallest absolute Gasteiger partial charge is 0.128 e. The van der Waals surface area contributed by atoms with E-state index in [2.05, 4.69) is 17.1 Å². The van der Waals surface area contributed by atoms with E-state index in [9.17, 15) is 0 Å². The lowest BCUT2D eigenvalue weighted by Crippen LogP contribution is -1.89. The first kappa shape index (κ1) is 12.5. The number of hydrogen-bond acceptors (Lipinski definition) is 3. The normalized spacial score (nSPS) is 10.5. The molecule has 100 valence electrons. The zero-order chi connectivity index (χ0) is 13.9. The molecular formula is C17H15NO2. The van der Waals surface area contributed by atoms with Crippen molar-refractivity contribution in [3.63, 3.8) is 0 Å². The van der Waals surface area contributed by atoms with Crippen LogP contribution >= 0.6 is 0 Å². The van der Waals surface area contributed by atoms with E-state index in [1.165, 1.54) is 0 Å². The van der Waals surface area contributed by atoms with Crippen LogP contribution in [-0.4, -0.2) is 19.2 Å². The van der Waals surface area contributed by atoms with E-state index >= 15 is 0 Å². The molecule has 0 aliphatic carbocycles. The summed E-state index contributed by atoms with van der Waals surface area (Å²) in [6.45, 7) is 0. The summed E-state index contributed by atoms with van der Waals surface area (Å²) in [7, 11) is 3.34. The number of ether oxygens (including phenoxy) is 2. The zero-order valence-electron chi connectivity index (χ0n) is 11.5. The second-order valence-corrected chi connectivity index (χ2v) is 4.48. The van der Waals surface area contributed by atoms with Gasteiger partial charge in [0.25, 0.3) is 0 Å².